The van der Waals surface area contributed by atoms with Crippen LogP contribution in [0.5, 0.6) is 0 Å². The van der Waals surface area contributed by atoms with Gasteiger partial charge in [0.25, 0.3) is 0 Å². The molecule has 0 saturated carbocycles. The number of pyridine rings is 1. The molecule has 1 aliphatic heterocycles. The molecule has 106 valence electrons. The van der Waals surface area contributed by atoms with E-state index in [1.54, 1.807) is 0 Å². The molecular weight excluding hydrogens is 258 g/mol. The summed E-state index contributed by atoms with van der Waals surface area (Å²) >= 11 is 0. The molecule has 0 bridgehead atoms. The molecule has 2 unspecified atom stereocenters. The van der Waals surface area contributed by atoms with Gasteiger partial charge < -0.3 is 0 Å². The Morgan fingerprint density at radius 1 is 1.50 bits per heavy atom. The third kappa shape index (κ3) is 2.70. The van der Waals surface area contributed by atoms with E-state index >= 15 is 0 Å². The first kappa shape index (κ1) is 14.2. The van der Waals surface area contributed by atoms with Crippen LogP contribution in [0.15, 0.2) is 12.3 Å². The van der Waals surface area contributed by atoms with Gasteiger partial charge in [0, 0.05) is 18.3 Å². The maximum absolute atomic E-state index is 11.2. The molecule has 0 aliphatic carbocycles. The molecule has 2 rings (SSSR count). The summed E-state index contributed by atoms with van der Waals surface area (Å²) in [5, 5.41) is 22.1. The lowest BCUT2D eigenvalue weighted by molar-refractivity contribution is -0.384. The fraction of sp³-hybridized carbons (Fsp3) is 0.538. The minimum atomic E-state index is -0.562. The number of rotatable bonds is 3. The van der Waals surface area contributed by atoms with Gasteiger partial charge >= 0.3 is 5.69 Å². The Kier molecular flexibility index (Phi) is 4.15. The fourth-order valence-electron chi connectivity index (χ4n) is 2.57. The number of anilines is 1. The van der Waals surface area contributed by atoms with Crippen LogP contribution < -0.4 is 5.43 Å². The van der Waals surface area contributed by atoms with Crippen LogP contribution in [0.4, 0.5) is 11.5 Å². The Labute approximate surface area is 117 Å². The lowest BCUT2D eigenvalue weighted by Crippen LogP contribution is -2.47. The largest absolute Gasteiger partial charge is 0.330 e. The smallest absolute Gasteiger partial charge is 0.297 e. The number of nitrogens with one attached hydrogen (secondary N) is 1. The van der Waals surface area contributed by atoms with E-state index in [1.807, 2.05) is 11.1 Å². The number of aromatic nitrogens is 1. The summed E-state index contributed by atoms with van der Waals surface area (Å²) in [5.74, 6) is 0.134. The van der Waals surface area contributed by atoms with Gasteiger partial charge in [-0.25, -0.2) is 9.99 Å². The topological polar surface area (TPSA) is 95.1 Å². The van der Waals surface area contributed by atoms with E-state index in [0.29, 0.717) is 0 Å². The van der Waals surface area contributed by atoms with E-state index < -0.39 is 4.92 Å². The second kappa shape index (κ2) is 5.84. The Hall–Kier alpha value is -2.20. The molecule has 2 heterocycles. The zero-order valence-corrected chi connectivity index (χ0v) is 11.5. The molecule has 7 heteroatoms. The average molecular weight is 275 g/mol. The van der Waals surface area contributed by atoms with E-state index in [4.69, 9.17) is 5.26 Å². The number of nitrogens with zero attached hydrogens (tertiary/aromatic N) is 4. The second-order valence-corrected chi connectivity index (χ2v) is 5.07. The minimum absolute atomic E-state index is 0.0183. The summed E-state index contributed by atoms with van der Waals surface area (Å²) in [7, 11) is 0. The lowest BCUT2D eigenvalue weighted by atomic mass is 10.00. The molecule has 0 spiro atoms. The van der Waals surface area contributed by atoms with Crippen LogP contribution in [-0.4, -0.2) is 27.0 Å². The quantitative estimate of drug-likeness (QED) is 0.672. The molecule has 1 aromatic rings. The summed E-state index contributed by atoms with van der Waals surface area (Å²) in [5.41, 5.74) is 2.79. The molecule has 0 radical (unpaired) electrons. The van der Waals surface area contributed by atoms with Crippen molar-refractivity contribution in [1.29, 1.82) is 5.26 Å². The van der Waals surface area contributed by atoms with Crippen LogP contribution in [-0.2, 0) is 0 Å². The fourth-order valence-corrected chi connectivity index (χ4v) is 2.57. The summed E-state index contributed by atoms with van der Waals surface area (Å²) < 4.78 is 0. The van der Waals surface area contributed by atoms with Gasteiger partial charge in [0.15, 0.2) is 0 Å². The highest BCUT2D eigenvalue weighted by molar-refractivity contribution is 5.63. The normalized spacial score (nSPS) is 23.1. The number of piperidine rings is 1. The third-order valence-corrected chi connectivity index (χ3v) is 3.66. The van der Waals surface area contributed by atoms with Gasteiger partial charge in [0.1, 0.15) is 11.6 Å². The monoisotopic (exact) mass is 275 g/mol. The maximum atomic E-state index is 11.2. The maximum Gasteiger partial charge on any atom is 0.330 e. The summed E-state index contributed by atoms with van der Waals surface area (Å²) in [4.78, 5) is 14.6. The van der Waals surface area contributed by atoms with Crippen LogP contribution in [0.2, 0.25) is 0 Å². The second-order valence-electron chi connectivity index (χ2n) is 5.07. The number of hydrazine groups is 1. The highest BCUT2D eigenvalue weighted by atomic mass is 16.6. The highest BCUT2D eigenvalue weighted by Crippen LogP contribution is 2.29. The third-order valence-electron chi connectivity index (χ3n) is 3.66. The molecule has 1 fully saturated rings. The SMILES string of the molecule is CC1CCCC(C)N1Nc1nccc(C#N)c1[N+](=O)[O-]. The Balaban J connectivity index is 2.34. The Morgan fingerprint density at radius 2 is 2.15 bits per heavy atom. The van der Waals surface area contributed by atoms with Gasteiger partial charge in [-0.15, -0.1) is 0 Å². The van der Waals surface area contributed by atoms with Gasteiger partial charge in [-0.3, -0.25) is 15.5 Å². The van der Waals surface area contributed by atoms with E-state index in [-0.39, 0.29) is 29.2 Å². The number of hydrogen-bond donors (Lipinski definition) is 1. The van der Waals surface area contributed by atoms with E-state index in [0.717, 1.165) is 19.3 Å². The van der Waals surface area contributed by atoms with E-state index in [9.17, 15) is 10.1 Å². The molecular formula is C13H17N5O2. The van der Waals surface area contributed by atoms with Crippen molar-refractivity contribution >= 4 is 11.5 Å². The van der Waals surface area contributed by atoms with Gasteiger partial charge in [0.05, 0.1) is 4.92 Å². The molecule has 1 saturated heterocycles. The van der Waals surface area contributed by atoms with Crippen molar-refractivity contribution in [3.8, 4) is 6.07 Å². The van der Waals surface area contributed by atoms with Crippen molar-refractivity contribution in [2.75, 3.05) is 5.43 Å². The minimum Gasteiger partial charge on any atom is -0.297 e. The average Bonchev–Trinajstić information content (AvgIpc) is 2.42. The molecule has 20 heavy (non-hydrogen) atoms. The first-order chi connectivity index (χ1) is 9.54. The zero-order chi connectivity index (χ0) is 14.7. The van der Waals surface area contributed by atoms with Gasteiger partial charge in [-0.2, -0.15) is 5.26 Å². The van der Waals surface area contributed by atoms with Crippen LogP contribution in [0.25, 0.3) is 0 Å². The van der Waals surface area contributed by atoms with Crippen molar-refractivity contribution < 1.29 is 4.92 Å². The van der Waals surface area contributed by atoms with E-state index in [1.165, 1.54) is 12.3 Å². The first-order valence-corrected chi connectivity index (χ1v) is 6.63. The van der Waals surface area contributed by atoms with Crippen molar-refractivity contribution in [2.45, 2.75) is 45.2 Å². The highest BCUT2D eigenvalue weighted by Gasteiger charge is 2.29. The Bertz CT molecular complexity index is 544. The van der Waals surface area contributed by atoms with Crippen molar-refractivity contribution in [2.24, 2.45) is 0 Å². The lowest BCUT2D eigenvalue weighted by Gasteiger charge is -2.38. The first-order valence-electron chi connectivity index (χ1n) is 6.63. The van der Waals surface area contributed by atoms with Crippen LogP contribution in [0, 0.1) is 21.4 Å². The number of nitro groups is 1. The Morgan fingerprint density at radius 3 is 2.70 bits per heavy atom. The van der Waals surface area contributed by atoms with Crippen LogP contribution >= 0.6 is 0 Å². The summed E-state index contributed by atoms with van der Waals surface area (Å²) in [6.45, 7) is 4.14. The number of hydrogen-bond acceptors (Lipinski definition) is 6. The van der Waals surface area contributed by atoms with Crippen molar-refractivity contribution in [1.82, 2.24) is 9.99 Å². The van der Waals surface area contributed by atoms with Gasteiger partial charge in [-0.05, 0) is 32.8 Å². The van der Waals surface area contributed by atoms with Crippen LogP contribution in [0.3, 0.4) is 0 Å². The summed E-state index contributed by atoms with van der Waals surface area (Å²) in [6.07, 6.45) is 4.62. The predicted octanol–water partition coefficient (Wildman–Crippen LogP) is 2.45. The predicted molar refractivity (Wildman–Crippen MR) is 73.8 cm³/mol. The number of nitriles is 1. The van der Waals surface area contributed by atoms with Gasteiger partial charge in [0.2, 0.25) is 5.82 Å². The standard InChI is InChI=1S/C13H17N5O2/c1-9-4-3-5-10(2)17(9)16-13-12(18(19)20)11(8-14)6-7-15-13/h6-7,9-10H,3-5H2,1-2H3,(H,15,16). The molecule has 7 nitrogen and oxygen atoms in total. The van der Waals surface area contributed by atoms with Crippen molar-refractivity contribution in [3.05, 3.63) is 27.9 Å². The molecule has 1 aromatic heterocycles. The zero-order valence-electron chi connectivity index (χ0n) is 11.5. The molecule has 0 aromatic carbocycles. The molecule has 2 atom stereocenters. The molecule has 0 amide bonds. The summed E-state index contributed by atoms with van der Waals surface area (Å²) in [6, 6.07) is 3.73. The molecule has 1 N–H and O–H groups in total. The van der Waals surface area contributed by atoms with E-state index in [2.05, 4.69) is 24.3 Å². The van der Waals surface area contributed by atoms with Crippen molar-refractivity contribution in [3.63, 3.8) is 0 Å². The molecule has 1 aliphatic rings. The van der Waals surface area contributed by atoms with Gasteiger partial charge in [-0.1, -0.05) is 6.42 Å². The van der Waals surface area contributed by atoms with Crippen LogP contribution in [0.1, 0.15) is 38.7 Å².